The largest absolute Gasteiger partial charge is 0.490 e. The van der Waals surface area contributed by atoms with Crippen molar-refractivity contribution in [2.45, 2.75) is 52.0 Å². The molecule has 0 aromatic heterocycles. The highest BCUT2D eigenvalue weighted by atomic mass is 35.5. The first-order valence-corrected chi connectivity index (χ1v) is 7.42. The number of para-hydroxylation sites is 1. The van der Waals surface area contributed by atoms with Gasteiger partial charge >= 0.3 is 0 Å². The normalized spacial score (nSPS) is 22.2. The van der Waals surface area contributed by atoms with Crippen molar-refractivity contribution in [2.24, 2.45) is 5.41 Å². The molecular weight excluding hydrogens is 256 g/mol. The number of hydrogen-bond donors (Lipinski definition) is 0. The molecule has 104 valence electrons. The molecule has 0 aliphatic heterocycles. The van der Waals surface area contributed by atoms with E-state index in [0.29, 0.717) is 0 Å². The first kappa shape index (κ1) is 14.5. The van der Waals surface area contributed by atoms with E-state index in [2.05, 4.69) is 45.9 Å². The second kappa shape index (κ2) is 5.58. The summed E-state index contributed by atoms with van der Waals surface area (Å²) in [5.74, 6) is 0.963. The Morgan fingerprint density at radius 2 is 1.95 bits per heavy atom. The molecule has 0 N–H and O–H groups in total. The Kier molecular flexibility index (Phi) is 4.25. The van der Waals surface area contributed by atoms with E-state index in [-0.39, 0.29) is 16.9 Å². The molecule has 0 spiro atoms. The summed E-state index contributed by atoms with van der Waals surface area (Å²) in [6.07, 6.45) is 4.46. The third-order valence-electron chi connectivity index (χ3n) is 3.39. The van der Waals surface area contributed by atoms with E-state index >= 15 is 0 Å². The molecule has 1 aromatic carbocycles. The summed E-state index contributed by atoms with van der Waals surface area (Å²) >= 11 is 6.39. The number of alkyl halides is 1. The van der Waals surface area contributed by atoms with Gasteiger partial charge in [-0.2, -0.15) is 0 Å². The summed E-state index contributed by atoms with van der Waals surface area (Å²) in [6.45, 7) is 8.67. The fourth-order valence-corrected chi connectivity index (χ4v) is 3.30. The molecule has 0 saturated carbocycles. The third kappa shape index (κ3) is 3.76. The summed E-state index contributed by atoms with van der Waals surface area (Å²) in [7, 11) is 0. The summed E-state index contributed by atoms with van der Waals surface area (Å²) in [4.78, 5) is 0. The van der Waals surface area contributed by atoms with Gasteiger partial charge in [-0.1, -0.05) is 38.1 Å². The summed E-state index contributed by atoms with van der Waals surface area (Å²) in [5, 5.41) is 0.117. The van der Waals surface area contributed by atoms with Crippen LogP contribution in [0.1, 0.15) is 46.1 Å². The van der Waals surface area contributed by atoms with Gasteiger partial charge in [0.1, 0.15) is 5.75 Å². The number of ether oxygens (including phenoxy) is 1. The Labute approximate surface area is 121 Å². The average molecular weight is 279 g/mol. The maximum Gasteiger partial charge on any atom is 0.127 e. The molecule has 1 aromatic rings. The van der Waals surface area contributed by atoms with Crippen LogP contribution in [0.5, 0.6) is 5.75 Å². The maximum absolute atomic E-state index is 6.39. The lowest BCUT2D eigenvalue weighted by atomic mass is 9.75. The van der Waals surface area contributed by atoms with Crippen LogP contribution >= 0.6 is 11.6 Å². The standard InChI is InChI=1S/C17H23ClO/c1-12(2)19-16-8-6-5-7-15(16)13-9-14(18)11-17(3,4)10-13/h5-9,12,14H,10-11H2,1-4H3. The molecular formula is C17H23ClO. The molecule has 2 heteroatoms. The lowest BCUT2D eigenvalue weighted by molar-refractivity contribution is 0.241. The van der Waals surface area contributed by atoms with E-state index in [1.165, 1.54) is 11.1 Å². The van der Waals surface area contributed by atoms with Crippen LogP contribution in [-0.2, 0) is 0 Å². The highest BCUT2D eigenvalue weighted by molar-refractivity contribution is 6.22. The van der Waals surface area contributed by atoms with Gasteiger partial charge in [0, 0.05) is 5.56 Å². The highest BCUT2D eigenvalue weighted by Gasteiger charge is 2.29. The van der Waals surface area contributed by atoms with Crippen LogP contribution in [0.3, 0.4) is 0 Å². The van der Waals surface area contributed by atoms with E-state index in [9.17, 15) is 0 Å². The van der Waals surface area contributed by atoms with Gasteiger partial charge in [-0.05, 0) is 43.7 Å². The Balaban J connectivity index is 2.36. The molecule has 1 unspecified atom stereocenters. The van der Waals surface area contributed by atoms with Crippen LogP contribution in [-0.4, -0.2) is 11.5 Å². The molecule has 0 heterocycles. The van der Waals surface area contributed by atoms with E-state index in [1.54, 1.807) is 0 Å². The fourth-order valence-electron chi connectivity index (χ4n) is 2.73. The van der Waals surface area contributed by atoms with E-state index in [4.69, 9.17) is 16.3 Å². The SMILES string of the molecule is CC(C)Oc1ccccc1C1=CC(Cl)CC(C)(C)C1. The predicted molar refractivity (Wildman–Crippen MR) is 82.8 cm³/mol. The Morgan fingerprint density at radius 1 is 1.26 bits per heavy atom. The molecule has 19 heavy (non-hydrogen) atoms. The van der Waals surface area contributed by atoms with Crippen LogP contribution in [0.2, 0.25) is 0 Å². The lowest BCUT2D eigenvalue weighted by Gasteiger charge is -2.33. The summed E-state index contributed by atoms with van der Waals surface area (Å²) in [5.41, 5.74) is 2.75. The number of hydrogen-bond acceptors (Lipinski definition) is 1. The third-order valence-corrected chi connectivity index (χ3v) is 3.67. The summed E-state index contributed by atoms with van der Waals surface area (Å²) in [6, 6.07) is 8.26. The van der Waals surface area contributed by atoms with Crippen molar-refractivity contribution in [3.8, 4) is 5.75 Å². The second-order valence-corrected chi connectivity index (χ2v) is 6.98. The van der Waals surface area contributed by atoms with Gasteiger partial charge in [-0.15, -0.1) is 11.6 Å². The fraction of sp³-hybridized carbons (Fsp3) is 0.529. The van der Waals surface area contributed by atoms with E-state index < -0.39 is 0 Å². The molecule has 0 fully saturated rings. The Bertz CT molecular complexity index is 474. The minimum absolute atomic E-state index is 0.117. The van der Waals surface area contributed by atoms with Gasteiger partial charge in [0.2, 0.25) is 0 Å². The lowest BCUT2D eigenvalue weighted by Crippen LogP contribution is -2.22. The number of allylic oxidation sites excluding steroid dienone is 2. The van der Waals surface area contributed by atoms with Crippen LogP contribution in [0, 0.1) is 5.41 Å². The molecule has 1 nitrogen and oxygen atoms in total. The van der Waals surface area contributed by atoms with Gasteiger partial charge in [0.25, 0.3) is 0 Å². The van der Waals surface area contributed by atoms with Gasteiger partial charge < -0.3 is 4.74 Å². The zero-order chi connectivity index (χ0) is 14.0. The molecule has 0 saturated heterocycles. The van der Waals surface area contributed by atoms with Gasteiger partial charge in [-0.25, -0.2) is 0 Å². The smallest absolute Gasteiger partial charge is 0.127 e. The van der Waals surface area contributed by atoms with Crippen LogP contribution < -0.4 is 4.74 Å². The Morgan fingerprint density at radius 3 is 2.58 bits per heavy atom. The zero-order valence-corrected chi connectivity index (χ0v) is 13.0. The van der Waals surface area contributed by atoms with Crippen molar-refractivity contribution in [3.05, 3.63) is 35.9 Å². The molecule has 0 bridgehead atoms. The first-order valence-electron chi connectivity index (χ1n) is 6.98. The minimum atomic E-state index is 0.117. The van der Waals surface area contributed by atoms with Crippen molar-refractivity contribution in [2.75, 3.05) is 0 Å². The molecule has 1 aliphatic rings. The maximum atomic E-state index is 6.39. The van der Waals surface area contributed by atoms with Crippen molar-refractivity contribution in [3.63, 3.8) is 0 Å². The molecule has 0 amide bonds. The molecule has 1 atom stereocenters. The van der Waals surface area contributed by atoms with Gasteiger partial charge in [-0.3, -0.25) is 0 Å². The van der Waals surface area contributed by atoms with Crippen molar-refractivity contribution >= 4 is 17.2 Å². The highest BCUT2D eigenvalue weighted by Crippen LogP contribution is 2.43. The van der Waals surface area contributed by atoms with Crippen LogP contribution in [0.15, 0.2) is 30.3 Å². The zero-order valence-electron chi connectivity index (χ0n) is 12.2. The number of rotatable bonds is 3. The first-order chi connectivity index (χ1) is 8.87. The van der Waals surface area contributed by atoms with Crippen molar-refractivity contribution in [1.82, 2.24) is 0 Å². The average Bonchev–Trinajstić information content (AvgIpc) is 2.26. The van der Waals surface area contributed by atoms with Crippen LogP contribution in [0.4, 0.5) is 0 Å². The topological polar surface area (TPSA) is 9.23 Å². The second-order valence-electron chi connectivity index (χ2n) is 6.42. The van der Waals surface area contributed by atoms with E-state index in [0.717, 1.165) is 18.6 Å². The Hall–Kier alpha value is -0.950. The monoisotopic (exact) mass is 278 g/mol. The van der Waals surface area contributed by atoms with Crippen LogP contribution in [0.25, 0.3) is 5.57 Å². The predicted octanol–water partition coefficient (Wildman–Crippen LogP) is 5.28. The molecule has 0 radical (unpaired) electrons. The van der Waals surface area contributed by atoms with E-state index in [1.807, 2.05) is 12.1 Å². The van der Waals surface area contributed by atoms with Gasteiger partial charge in [0.05, 0.1) is 11.5 Å². The number of halogens is 1. The molecule has 2 rings (SSSR count). The van der Waals surface area contributed by atoms with Crippen molar-refractivity contribution < 1.29 is 4.74 Å². The minimum Gasteiger partial charge on any atom is -0.490 e. The summed E-state index contributed by atoms with van der Waals surface area (Å²) < 4.78 is 5.92. The molecule has 1 aliphatic carbocycles. The number of benzene rings is 1. The van der Waals surface area contributed by atoms with Gasteiger partial charge in [0.15, 0.2) is 0 Å². The van der Waals surface area contributed by atoms with Crippen molar-refractivity contribution in [1.29, 1.82) is 0 Å². The quantitative estimate of drug-likeness (QED) is 0.683.